The van der Waals surface area contributed by atoms with Gasteiger partial charge in [0.05, 0.1) is 0 Å². The van der Waals surface area contributed by atoms with Crippen molar-refractivity contribution in [2.45, 2.75) is 20.8 Å². The summed E-state index contributed by atoms with van der Waals surface area (Å²) in [7, 11) is 0. The molecule has 0 spiro atoms. The zero-order valence-corrected chi connectivity index (χ0v) is 14.4. The fourth-order valence-corrected chi connectivity index (χ4v) is 2.96. The highest BCUT2D eigenvalue weighted by atomic mass is 16.2. The van der Waals surface area contributed by atoms with Gasteiger partial charge in [0.1, 0.15) is 5.82 Å². The van der Waals surface area contributed by atoms with Gasteiger partial charge in [-0.2, -0.15) is 4.98 Å². The molecule has 6 nitrogen and oxygen atoms in total. The molecule has 6 heteroatoms. The van der Waals surface area contributed by atoms with Crippen molar-refractivity contribution in [3.63, 3.8) is 0 Å². The highest BCUT2D eigenvalue weighted by molar-refractivity contribution is 5.73. The number of hydrogen-bond acceptors (Lipinski definition) is 5. The summed E-state index contributed by atoms with van der Waals surface area (Å²) in [4.78, 5) is 24.5. The second kappa shape index (κ2) is 6.86. The van der Waals surface area contributed by atoms with Crippen LogP contribution in [-0.2, 0) is 4.79 Å². The summed E-state index contributed by atoms with van der Waals surface area (Å²) in [6.45, 7) is 8.81. The monoisotopic (exact) mass is 325 g/mol. The van der Waals surface area contributed by atoms with E-state index in [4.69, 9.17) is 0 Å². The summed E-state index contributed by atoms with van der Waals surface area (Å²) >= 11 is 0. The van der Waals surface area contributed by atoms with E-state index in [0.717, 1.165) is 37.7 Å². The Morgan fingerprint density at radius 1 is 1.08 bits per heavy atom. The molecule has 0 radical (unpaired) electrons. The number of anilines is 3. The molecule has 1 aromatic heterocycles. The fourth-order valence-electron chi connectivity index (χ4n) is 2.96. The Bertz CT molecular complexity index is 718. The van der Waals surface area contributed by atoms with Gasteiger partial charge < -0.3 is 15.1 Å². The van der Waals surface area contributed by atoms with Gasteiger partial charge in [0.15, 0.2) is 0 Å². The highest BCUT2D eigenvalue weighted by Gasteiger charge is 2.19. The van der Waals surface area contributed by atoms with E-state index in [2.05, 4.69) is 46.2 Å². The van der Waals surface area contributed by atoms with Crippen molar-refractivity contribution in [1.29, 1.82) is 0 Å². The molecule has 3 rings (SSSR count). The minimum atomic E-state index is 0.134. The molecule has 0 unspecified atom stereocenters. The van der Waals surface area contributed by atoms with E-state index in [-0.39, 0.29) is 5.91 Å². The number of para-hydroxylation sites is 1. The number of amides is 1. The average Bonchev–Trinajstić information content (AvgIpc) is 2.59. The smallest absolute Gasteiger partial charge is 0.229 e. The summed E-state index contributed by atoms with van der Waals surface area (Å²) in [5, 5.41) is 3.33. The van der Waals surface area contributed by atoms with Crippen LogP contribution in [0.2, 0.25) is 0 Å². The first-order chi connectivity index (χ1) is 11.5. The van der Waals surface area contributed by atoms with Gasteiger partial charge in [-0.15, -0.1) is 0 Å². The Kier molecular flexibility index (Phi) is 4.64. The van der Waals surface area contributed by atoms with E-state index in [9.17, 15) is 4.79 Å². The first-order valence-corrected chi connectivity index (χ1v) is 8.21. The van der Waals surface area contributed by atoms with E-state index in [1.165, 1.54) is 11.1 Å². The van der Waals surface area contributed by atoms with Gasteiger partial charge in [0.2, 0.25) is 11.9 Å². The first-order valence-electron chi connectivity index (χ1n) is 8.21. The molecule has 0 aliphatic carbocycles. The van der Waals surface area contributed by atoms with Gasteiger partial charge in [0, 0.05) is 45.0 Å². The number of carbonyl (C=O) groups is 1. The molecule has 2 heterocycles. The standard InChI is InChI=1S/C18H23N5O/c1-13-5-4-6-14(2)17(13)21-18-19-8-7-16(20-18)23-11-9-22(10-12-23)15(3)24/h4-8H,9-12H2,1-3H3,(H,19,20,21). The van der Waals surface area contributed by atoms with E-state index in [1.807, 2.05) is 17.0 Å². The lowest BCUT2D eigenvalue weighted by Gasteiger charge is -2.34. The molecule has 126 valence electrons. The van der Waals surface area contributed by atoms with E-state index in [0.29, 0.717) is 5.95 Å². The van der Waals surface area contributed by atoms with E-state index in [1.54, 1.807) is 13.1 Å². The summed E-state index contributed by atoms with van der Waals surface area (Å²) in [6, 6.07) is 8.10. The van der Waals surface area contributed by atoms with Crippen LogP contribution in [0.1, 0.15) is 18.1 Å². The second-order valence-corrected chi connectivity index (χ2v) is 6.12. The average molecular weight is 325 g/mol. The molecule has 0 bridgehead atoms. The lowest BCUT2D eigenvalue weighted by molar-refractivity contribution is -0.129. The molecule has 1 aliphatic heterocycles. The Balaban J connectivity index is 1.74. The van der Waals surface area contributed by atoms with Crippen LogP contribution in [0.25, 0.3) is 0 Å². The van der Waals surface area contributed by atoms with Gasteiger partial charge in [-0.25, -0.2) is 4.98 Å². The maximum absolute atomic E-state index is 11.4. The second-order valence-electron chi connectivity index (χ2n) is 6.12. The minimum absolute atomic E-state index is 0.134. The fraction of sp³-hybridized carbons (Fsp3) is 0.389. The van der Waals surface area contributed by atoms with Crippen LogP contribution in [0.5, 0.6) is 0 Å². The molecule has 24 heavy (non-hydrogen) atoms. The Morgan fingerprint density at radius 2 is 1.75 bits per heavy atom. The highest BCUT2D eigenvalue weighted by Crippen LogP contribution is 2.23. The van der Waals surface area contributed by atoms with Crippen LogP contribution in [0.15, 0.2) is 30.5 Å². The van der Waals surface area contributed by atoms with Gasteiger partial charge in [-0.3, -0.25) is 4.79 Å². The van der Waals surface area contributed by atoms with Crippen LogP contribution in [0.3, 0.4) is 0 Å². The van der Waals surface area contributed by atoms with Crippen molar-refractivity contribution >= 4 is 23.4 Å². The van der Waals surface area contributed by atoms with Crippen molar-refractivity contribution in [2.75, 3.05) is 36.4 Å². The van der Waals surface area contributed by atoms with Gasteiger partial charge in [-0.1, -0.05) is 18.2 Å². The summed E-state index contributed by atoms with van der Waals surface area (Å²) in [5.41, 5.74) is 3.38. The SMILES string of the molecule is CC(=O)N1CCN(c2ccnc(Nc3c(C)cccc3C)n2)CC1. The van der Waals surface area contributed by atoms with Crippen molar-refractivity contribution < 1.29 is 4.79 Å². The van der Waals surface area contributed by atoms with Crippen molar-refractivity contribution in [3.8, 4) is 0 Å². The molecule has 1 N–H and O–H groups in total. The topological polar surface area (TPSA) is 61.4 Å². The third-order valence-corrected chi connectivity index (χ3v) is 4.41. The maximum Gasteiger partial charge on any atom is 0.229 e. The molecule has 2 aromatic rings. The maximum atomic E-state index is 11.4. The number of carbonyl (C=O) groups excluding carboxylic acids is 1. The lowest BCUT2D eigenvalue weighted by atomic mass is 10.1. The van der Waals surface area contributed by atoms with Crippen LogP contribution in [-0.4, -0.2) is 47.0 Å². The minimum Gasteiger partial charge on any atom is -0.353 e. The summed E-state index contributed by atoms with van der Waals surface area (Å²) < 4.78 is 0. The van der Waals surface area contributed by atoms with E-state index >= 15 is 0 Å². The van der Waals surface area contributed by atoms with Crippen LogP contribution >= 0.6 is 0 Å². The Labute approximate surface area is 142 Å². The number of nitrogens with zero attached hydrogens (tertiary/aromatic N) is 4. The molecule has 0 atom stereocenters. The third-order valence-electron chi connectivity index (χ3n) is 4.41. The number of aromatic nitrogens is 2. The van der Waals surface area contributed by atoms with Gasteiger partial charge >= 0.3 is 0 Å². The van der Waals surface area contributed by atoms with Gasteiger partial charge in [-0.05, 0) is 31.0 Å². The number of benzene rings is 1. The van der Waals surface area contributed by atoms with Crippen molar-refractivity contribution in [1.82, 2.24) is 14.9 Å². The number of rotatable bonds is 3. The number of hydrogen-bond donors (Lipinski definition) is 1. The summed E-state index contributed by atoms with van der Waals surface area (Å²) in [5.74, 6) is 1.62. The zero-order chi connectivity index (χ0) is 17.1. The normalized spacial score (nSPS) is 14.6. The molecule has 0 saturated carbocycles. The molecular formula is C18H23N5O. The van der Waals surface area contributed by atoms with Crippen molar-refractivity contribution in [3.05, 3.63) is 41.6 Å². The Hall–Kier alpha value is -2.63. The largest absolute Gasteiger partial charge is 0.353 e. The van der Waals surface area contributed by atoms with Crippen LogP contribution in [0.4, 0.5) is 17.5 Å². The molecular weight excluding hydrogens is 302 g/mol. The zero-order valence-electron chi connectivity index (χ0n) is 14.4. The predicted molar refractivity (Wildman–Crippen MR) is 95.7 cm³/mol. The number of piperazine rings is 1. The molecule has 1 fully saturated rings. The van der Waals surface area contributed by atoms with Crippen molar-refractivity contribution in [2.24, 2.45) is 0 Å². The van der Waals surface area contributed by atoms with Crippen LogP contribution in [0, 0.1) is 13.8 Å². The lowest BCUT2D eigenvalue weighted by Crippen LogP contribution is -2.48. The number of aryl methyl sites for hydroxylation is 2. The molecule has 1 saturated heterocycles. The first kappa shape index (κ1) is 16.2. The van der Waals surface area contributed by atoms with E-state index < -0.39 is 0 Å². The third kappa shape index (κ3) is 3.48. The Morgan fingerprint density at radius 3 is 2.38 bits per heavy atom. The predicted octanol–water partition coefficient (Wildman–Crippen LogP) is 2.51. The molecule has 1 aromatic carbocycles. The molecule has 1 amide bonds. The molecule has 1 aliphatic rings. The van der Waals surface area contributed by atoms with Crippen LogP contribution < -0.4 is 10.2 Å². The summed E-state index contributed by atoms with van der Waals surface area (Å²) in [6.07, 6.45) is 1.77. The quantitative estimate of drug-likeness (QED) is 0.939. The number of nitrogens with one attached hydrogen (secondary N) is 1. The van der Waals surface area contributed by atoms with Gasteiger partial charge in [0.25, 0.3) is 0 Å².